The second-order valence-corrected chi connectivity index (χ2v) is 6.97. The number of carboxylic acid groups (broad SMARTS) is 1. The summed E-state index contributed by atoms with van der Waals surface area (Å²) in [6.07, 6.45) is 3.75. The van der Waals surface area contributed by atoms with Crippen molar-refractivity contribution in [1.29, 1.82) is 0 Å². The van der Waals surface area contributed by atoms with Gasteiger partial charge >= 0.3 is 12.0 Å². The van der Waals surface area contributed by atoms with Crippen molar-refractivity contribution in [3.8, 4) is 0 Å². The van der Waals surface area contributed by atoms with Crippen molar-refractivity contribution in [3.63, 3.8) is 0 Å². The molecular weight excluding hydrogens is 288 g/mol. The third kappa shape index (κ3) is 4.74. The van der Waals surface area contributed by atoms with Crippen LogP contribution in [0.3, 0.4) is 0 Å². The van der Waals surface area contributed by atoms with Crippen molar-refractivity contribution >= 4 is 23.3 Å². The summed E-state index contributed by atoms with van der Waals surface area (Å²) in [4.78, 5) is 24.0. The van der Waals surface area contributed by atoms with Crippen molar-refractivity contribution in [2.45, 2.75) is 45.1 Å². The lowest BCUT2D eigenvalue weighted by atomic mass is 9.66. The molecule has 0 aromatic carbocycles. The van der Waals surface area contributed by atoms with Crippen LogP contribution in [0.2, 0.25) is 0 Å². The zero-order valence-electron chi connectivity index (χ0n) is 12.2. The molecule has 1 atom stereocenters. The fourth-order valence-corrected chi connectivity index (χ4v) is 3.57. The molecule has 2 rings (SSSR count). The predicted octanol–water partition coefficient (Wildman–Crippen LogP) is 2.62. The van der Waals surface area contributed by atoms with Crippen LogP contribution < -0.4 is 10.6 Å². The molecule has 0 aliphatic heterocycles. The molecule has 1 fully saturated rings. The molecule has 1 aliphatic rings. The molecule has 1 heterocycles. The Morgan fingerprint density at radius 3 is 2.76 bits per heavy atom. The van der Waals surface area contributed by atoms with E-state index in [2.05, 4.69) is 16.7 Å². The van der Waals surface area contributed by atoms with Crippen LogP contribution in [-0.4, -0.2) is 29.7 Å². The summed E-state index contributed by atoms with van der Waals surface area (Å²) in [5.74, 6) is -0.789. The maximum Gasteiger partial charge on any atom is 0.315 e. The molecular formula is C15H22N2O3S. The Kier molecular flexibility index (Phi) is 5.22. The van der Waals surface area contributed by atoms with Gasteiger partial charge in [-0.1, -0.05) is 12.5 Å². The summed E-state index contributed by atoms with van der Waals surface area (Å²) in [6, 6.07) is 3.90. The van der Waals surface area contributed by atoms with Gasteiger partial charge in [-0.25, -0.2) is 4.79 Å². The van der Waals surface area contributed by atoms with E-state index in [0.29, 0.717) is 6.54 Å². The van der Waals surface area contributed by atoms with Crippen LogP contribution in [0.4, 0.5) is 4.79 Å². The van der Waals surface area contributed by atoms with E-state index in [0.717, 1.165) is 25.7 Å². The van der Waals surface area contributed by atoms with Gasteiger partial charge in [-0.15, -0.1) is 11.3 Å². The molecule has 1 aromatic rings. The highest BCUT2D eigenvalue weighted by Gasteiger charge is 2.39. The first-order chi connectivity index (χ1) is 9.99. The first-order valence-corrected chi connectivity index (χ1v) is 8.16. The third-order valence-electron chi connectivity index (χ3n) is 4.03. The molecule has 1 aromatic heterocycles. The molecule has 0 bridgehead atoms. The summed E-state index contributed by atoms with van der Waals surface area (Å²) in [5, 5.41) is 16.7. The summed E-state index contributed by atoms with van der Waals surface area (Å²) in [6.45, 7) is 2.41. The van der Waals surface area contributed by atoms with E-state index in [9.17, 15) is 9.59 Å². The molecule has 3 N–H and O–H groups in total. The average Bonchev–Trinajstić information content (AvgIpc) is 2.84. The molecule has 1 aliphatic carbocycles. The van der Waals surface area contributed by atoms with Gasteiger partial charge in [0, 0.05) is 23.9 Å². The number of urea groups is 1. The van der Waals surface area contributed by atoms with E-state index in [-0.39, 0.29) is 23.9 Å². The van der Waals surface area contributed by atoms with Crippen LogP contribution in [0.15, 0.2) is 17.5 Å². The van der Waals surface area contributed by atoms with Crippen molar-refractivity contribution in [1.82, 2.24) is 10.6 Å². The Bertz CT molecular complexity index is 483. The fraction of sp³-hybridized carbons (Fsp3) is 0.600. The summed E-state index contributed by atoms with van der Waals surface area (Å²) in [5.41, 5.74) is -0.236. The summed E-state index contributed by atoms with van der Waals surface area (Å²) < 4.78 is 0. The van der Waals surface area contributed by atoms with E-state index < -0.39 is 5.97 Å². The molecule has 1 unspecified atom stereocenters. The largest absolute Gasteiger partial charge is 0.481 e. The highest BCUT2D eigenvalue weighted by atomic mass is 32.1. The zero-order valence-corrected chi connectivity index (χ0v) is 13.0. The molecule has 0 saturated heterocycles. The quantitative estimate of drug-likeness (QED) is 0.724. The fourth-order valence-electron chi connectivity index (χ4n) is 2.74. The molecule has 5 nitrogen and oxygen atoms in total. The summed E-state index contributed by atoms with van der Waals surface area (Å²) in [7, 11) is 0. The third-order valence-corrected chi connectivity index (χ3v) is 4.93. The molecule has 0 spiro atoms. The Hall–Kier alpha value is -1.56. The number of amides is 2. The number of carboxylic acids is 1. The molecule has 0 radical (unpaired) electrons. The lowest BCUT2D eigenvalue weighted by Gasteiger charge is -2.40. The number of hydrogen-bond acceptors (Lipinski definition) is 3. The normalized spacial score (nSPS) is 17.6. The maximum absolute atomic E-state index is 11.9. The van der Waals surface area contributed by atoms with Gasteiger partial charge in [0.25, 0.3) is 0 Å². The number of hydrogen-bond donors (Lipinski definition) is 3. The monoisotopic (exact) mass is 310 g/mol. The number of rotatable bonds is 7. The van der Waals surface area contributed by atoms with Crippen LogP contribution in [-0.2, 0) is 11.2 Å². The van der Waals surface area contributed by atoms with E-state index in [1.165, 1.54) is 4.88 Å². The van der Waals surface area contributed by atoms with E-state index in [4.69, 9.17) is 5.11 Å². The lowest BCUT2D eigenvalue weighted by molar-refractivity contribution is -0.141. The lowest BCUT2D eigenvalue weighted by Crippen LogP contribution is -2.48. The van der Waals surface area contributed by atoms with Gasteiger partial charge < -0.3 is 15.7 Å². The number of nitrogens with one attached hydrogen (secondary N) is 2. The Balaban J connectivity index is 1.72. The van der Waals surface area contributed by atoms with Gasteiger partial charge in [0.05, 0.1) is 6.42 Å². The maximum atomic E-state index is 11.9. The van der Waals surface area contributed by atoms with Crippen LogP contribution in [0.5, 0.6) is 0 Å². The van der Waals surface area contributed by atoms with Crippen molar-refractivity contribution < 1.29 is 14.7 Å². The molecule has 1 saturated carbocycles. The SMILES string of the molecule is CC(Cc1cccs1)NC(=O)NCC1(CC(=O)O)CCC1. The van der Waals surface area contributed by atoms with Gasteiger partial charge in [-0.2, -0.15) is 0 Å². The highest BCUT2D eigenvalue weighted by molar-refractivity contribution is 7.09. The smallest absolute Gasteiger partial charge is 0.315 e. The Morgan fingerprint density at radius 1 is 1.48 bits per heavy atom. The topological polar surface area (TPSA) is 78.4 Å². The van der Waals surface area contributed by atoms with Crippen molar-refractivity contribution in [3.05, 3.63) is 22.4 Å². The second kappa shape index (κ2) is 6.93. The minimum atomic E-state index is -0.789. The number of aliphatic carboxylic acids is 1. The van der Waals surface area contributed by atoms with E-state index in [1.54, 1.807) is 11.3 Å². The minimum absolute atomic E-state index is 0.0560. The Labute approximate surface area is 128 Å². The van der Waals surface area contributed by atoms with Gasteiger partial charge in [0.2, 0.25) is 0 Å². The average molecular weight is 310 g/mol. The molecule has 6 heteroatoms. The van der Waals surface area contributed by atoms with E-state index in [1.807, 2.05) is 18.4 Å². The van der Waals surface area contributed by atoms with Crippen LogP contribution in [0, 0.1) is 5.41 Å². The predicted molar refractivity (Wildman–Crippen MR) is 82.6 cm³/mol. The first-order valence-electron chi connectivity index (χ1n) is 7.28. The van der Waals surface area contributed by atoms with Crippen LogP contribution >= 0.6 is 11.3 Å². The number of thiophene rings is 1. The molecule has 116 valence electrons. The zero-order chi connectivity index (χ0) is 15.3. The van der Waals surface area contributed by atoms with Gasteiger partial charge in [-0.05, 0) is 36.6 Å². The minimum Gasteiger partial charge on any atom is -0.481 e. The van der Waals surface area contributed by atoms with Gasteiger partial charge in [0.15, 0.2) is 0 Å². The van der Waals surface area contributed by atoms with E-state index >= 15 is 0 Å². The van der Waals surface area contributed by atoms with Crippen molar-refractivity contribution in [2.75, 3.05) is 6.54 Å². The highest BCUT2D eigenvalue weighted by Crippen LogP contribution is 2.43. The van der Waals surface area contributed by atoms with Crippen molar-refractivity contribution in [2.24, 2.45) is 5.41 Å². The second-order valence-electron chi connectivity index (χ2n) is 5.94. The van der Waals surface area contributed by atoms with Gasteiger partial charge in [-0.3, -0.25) is 4.79 Å². The standard InChI is InChI=1S/C15H22N2O3S/c1-11(8-12-4-2-7-21-12)17-14(20)16-10-15(5-3-6-15)9-13(18)19/h2,4,7,11H,3,5-6,8-10H2,1H3,(H,18,19)(H2,16,17,20). The summed E-state index contributed by atoms with van der Waals surface area (Å²) >= 11 is 1.68. The van der Waals surface area contributed by atoms with Crippen LogP contribution in [0.1, 0.15) is 37.5 Å². The number of carbonyl (C=O) groups excluding carboxylic acids is 1. The first kappa shape index (κ1) is 15.8. The molecule has 2 amide bonds. The number of carbonyl (C=O) groups is 2. The van der Waals surface area contributed by atoms with Crippen LogP contribution in [0.25, 0.3) is 0 Å². The van der Waals surface area contributed by atoms with Gasteiger partial charge in [0.1, 0.15) is 0 Å². The Morgan fingerprint density at radius 2 is 2.24 bits per heavy atom. The molecule has 21 heavy (non-hydrogen) atoms.